The Balaban J connectivity index is 2.01. The van der Waals surface area contributed by atoms with Crippen LogP contribution < -0.4 is 14.4 Å². The molecule has 0 aromatic heterocycles. The van der Waals surface area contributed by atoms with Crippen LogP contribution in [-0.4, -0.2) is 51.4 Å². The van der Waals surface area contributed by atoms with Crippen molar-refractivity contribution < 1.29 is 27.1 Å². The number of carbonyl (C=O) groups is 2. The smallest absolute Gasteiger partial charge is 0.264 e. The summed E-state index contributed by atoms with van der Waals surface area (Å²) in [5.74, 6) is -0.877. The number of hydrogen-bond acceptors (Lipinski definition) is 5. The predicted molar refractivity (Wildman–Crippen MR) is 144 cm³/mol. The molecule has 3 rings (SSSR count). The summed E-state index contributed by atoms with van der Waals surface area (Å²) in [4.78, 5) is 27.8. The lowest BCUT2D eigenvalue weighted by Crippen LogP contribution is -2.51. The van der Waals surface area contributed by atoms with Crippen LogP contribution in [0.1, 0.15) is 25.0 Å². The highest BCUT2D eigenvalue weighted by Crippen LogP contribution is 2.25. The van der Waals surface area contributed by atoms with Crippen LogP contribution in [0.2, 0.25) is 0 Å². The van der Waals surface area contributed by atoms with E-state index in [4.69, 9.17) is 4.74 Å². The fourth-order valence-corrected chi connectivity index (χ4v) is 5.22. The molecule has 0 radical (unpaired) electrons. The minimum Gasteiger partial charge on any atom is -0.497 e. The topological polar surface area (TPSA) is 96.0 Å². The average Bonchev–Trinajstić information content (AvgIpc) is 2.91. The first-order valence-corrected chi connectivity index (χ1v) is 13.6. The number of ether oxygens (including phenoxy) is 1. The number of hydrogen-bond donors (Lipinski definition) is 1. The van der Waals surface area contributed by atoms with Crippen LogP contribution in [0.5, 0.6) is 5.75 Å². The summed E-state index contributed by atoms with van der Waals surface area (Å²) in [5, 5.41) is 2.71. The lowest BCUT2D eigenvalue weighted by atomic mass is 10.1. The van der Waals surface area contributed by atoms with E-state index in [9.17, 15) is 22.4 Å². The number of benzene rings is 3. The van der Waals surface area contributed by atoms with Gasteiger partial charge >= 0.3 is 0 Å². The molecule has 3 aromatic rings. The second-order valence-electron chi connectivity index (χ2n) is 8.74. The summed E-state index contributed by atoms with van der Waals surface area (Å²) < 4.78 is 47.2. The molecule has 0 saturated heterocycles. The van der Waals surface area contributed by atoms with Crippen LogP contribution in [0.15, 0.2) is 77.7 Å². The van der Waals surface area contributed by atoms with Crippen LogP contribution in [0.25, 0.3) is 0 Å². The van der Waals surface area contributed by atoms with Gasteiger partial charge in [-0.25, -0.2) is 12.8 Å². The second-order valence-corrected chi connectivity index (χ2v) is 10.6. The molecule has 202 valence electrons. The van der Waals surface area contributed by atoms with Crippen molar-refractivity contribution in [1.29, 1.82) is 0 Å². The summed E-state index contributed by atoms with van der Waals surface area (Å²) in [6, 6.07) is 17.2. The van der Waals surface area contributed by atoms with Gasteiger partial charge in [0, 0.05) is 13.1 Å². The van der Waals surface area contributed by atoms with Crippen LogP contribution in [0.3, 0.4) is 0 Å². The summed E-state index contributed by atoms with van der Waals surface area (Å²) in [5.41, 5.74) is 1.72. The number of carbonyl (C=O) groups excluding carboxylic acids is 2. The summed E-state index contributed by atoms with van der Waals surface area (Å²) >= 11 is 0. The van der Waals surface area contributed by atoms with E-state index in [2.05, 4.69) is 5.32 Å². The number of nitrogens with zero attached hydrogens (tertiary/aromatic N) is 2. The first kappa shape index (κ1) is 28.6. The van der Waals surface area contributed by atoms with Crippen molar-refractivity contribution in [1.82, 2.24) is 10.2 Å². The van der Waals surface area contributed by atoms with Gasteiger partial charge in [0.15, 0.2) is 0 Å². The van der Waals surface area contributed by atoms with Crippen molar-refractivity contribution in [2.24, 2.45) is 0 Å². The van der Waals surface area contributed by atoms with Gasteiger partial charge in [-0.2, -0.15) is 0 Å². The lowest BCUT2D eigenvalue weighted by molar-refractivity contribution is -0.139. The fourth-order valence-electron chi connectivity index (χ4n) is 3.81. The van der Waals surface area contributed by atoms with E-state index in [0.717, 1.165) is 27.6 Å². The zero-order chi connectivity index (χ0) is 27.9. The van der Waals surface area contributed by atoms with Gasteiger partial charge < -0.3 is 15.0 Å². The standard InChI is InChI=1S/C28H32FN3O5S/c1-5-30-28(34)21(3)31(18-22-8-14-25(37-4)15-9-22)27(33)19-32(24-12-10-23(29)11-13-24)38(35,36)26-16-6-20(2)7-17-26/h6-17,21H,5,18-19H2,1-4H3,(H,30,34)/t21-/m1/s1. The monoisotopic (exact) mass is 541 g/mol. The largest absolute Gasteiger partial charge is 0.497 e. The van der Waals surface area contributed by atoms with Crippen molar-refractivity contribution >= 4 is 27.5 Å². The number of amides is 2. The first-order valence-electron chi connectivity index (χ1n) is 12.1. The number of halogens is 1. The zero-order valence-electron chi connectivity index (χ0n) is 21.8. The van der Waals surface area contributed by atoms with Gasteiger partial charge in [0.25, 0.3) is 10.0 Å². The van der Waals surface area contributed by atoms with Gasteiger partial charge in [-0.3, -0.25) is 13.9 Å². The fraction of sp³-hybridized carbons (Fsp3) is 0.286. The maximum absolute atomic E-state index is 13.7. The Kier molecular flexibility index (Phi) is 9.46. The Morgan fingerprint density at radius 1 is 0.974 bits per heavy atom. The molecule has 0 saturated carbocycles. The van der Waals surface area contributed by atoms with Gasteiger partial charge in [-0.1, -0.05) is 29.8 Å². The molecule has 38 heavy (non-hydrogen) atoms. The highest BCUT2D eigenvalue weighted by Gasteiger charge is 2.32. The molecular formula is C28H32FN3O5S. The molecular weight excluding hydrogens is 509 g/mol. The van der Waals surface area contributed by atoms with Gasteiger partial charge in [-0.05, 0) is 74.9 Å². The minimum absolute atomic E-state index is 0.0151. The molecule has 1 atom stereocenters. The van der Waals surface area contributed by atoms with Gasteiger partial charge in [0.1, 0.15) is 24.2 Å². The van der Waals surface area contributed by atoms with E-state index in [1.54, 1.807) is 57.4 Å². The number of rotatable bonds is 11. The van der Waals surface area contributed by atoms with Gasteiger partial charge in [0.05, 0.1) is 17.7 Å². The van der Waals surface area contributed by atoms with Gasteiger partial charge in [-0.15, -0.1) is 0 Å². The normalized spacial score (nSPS) is 11.9. The predicted octanol–water partition coefficient (Wildman–Crippen LogP) is 3.89. The molecule has 3 aromatic carbocycles. The zero-order valence-corrected chi connectivity index (χ0v) is 22.7. The Hall–Kier alpha value is -3.92. The van der Waals surface area contributed by atoms with Crippen molar-refractivity contribution in [2.45, 2.75) is 38.3 Å². The molecule has 0 heterocycles. The van der Waals surface area contributed by atoms with Crippen LogP contribution >= 0.6 is 0 Å². The highest BCUT2D eigenvalue weighted by atomic mass is 32.2. The van der Waals surface area contributed by atoms with Crippen molar-refractivity contribution in [3.8, 4) is 5.75 Å². The maximum Gasteiger partial charge on any atom is 0.264 e. The molecule has 0 spiro atoms. The quantitative estimate of drug-likeness (QED) is 0.397. The number of sulfonamides is 1. The number of nitrogens with one attached hydrogen (secondary N) is 1. The third-order valence-corrected chi connectivity index (χ3v) is 7.82. The first-order chi connectivity index (χ1) is 18.1. The SMILES string of the molecule is CCNC(=O)[C@@H](C)N(Cc1ccc(OC)cc1)C(=O)CN(c1ccc(F)cc1)S(=O)(=O)c1ccc(C)cc1. The minimum atomic E-state index is -4.20. The van der Waals surface area contributed by atoms with Crippen LogP contribution in [0.4, 0.5) is 10.1 Å². The molecule has 2 amide bonds. The molecule has 0 aliphatic heterocycles. The van der Waals surface area contributed by atoms with E-state index in [1.807, 2.05) is 6.92 Å². The number of aryl methyl sites for hydroxylation is 1. The Bertz CT molecular complexity index is 1340. The number of anilines is 1. The summed E-state index contributed by atoms with van der Waals surface area (Å²) in [6.45, 7) is 5.02. The molecule has 8 nitrogen and oxygen atoms in total. The van der Waals surface area contributed by atoms with E-state index < -0.39 is 34.3 Å². The van der Waals surface area contributed by atoms with E-state index >= 15 is 0 Å². The Morgan fingerprint density at radius 3 is 2.13 bits per heavy atom. The van der Waals surface area contributed by atoms with E-state index in [-0.39, 0.29) is 23.0 Å². The van der Waals surface area contributed by atoms with Crippen molar-refractivity contribution in [3.05, 3.63) is 89.7 Å². The third-order valence-electron chi connectivity index (χ3n) is 6.03. The molecule has 0 aliphatic carbocycles. The maximum atomic E-state index is 13.7. The molecule has 0 fully saturated rings. The van der Waals surface area contributed by atoms with Crippen LogP contribution in [-0.2, 0) is 26.2 Å². The van der Waals surface area contributed by atoms with Crippen molar-refractivity contribution in [2.75, 3.05) is 24.5 Å². The van der Waals surface area contributed by atoms with E-state index in [0.29, 0.717) is 12.3 Å². The Labute approximate surface area is 223 Å². The summed E-state index contributed by atoms with van der Waals surface area (Å²) in [7, 11) is -2.66. The Morgan fingerprint density at radius 2 is 1.58 bits per heavy atom. The second kappa shape index (κ2) is 12.6. The molecule has 10 heteroatoms. The highest BCUT2D eigenvalue weighted by molar-refractivity contribution is 7.92. The molecule has 0 bridgehead atoms. The van der Waals surface area contributed by atoms with E-state index in [1.165, 1.54) is 29.2 Å². The number of likely N-dealkylation sites (N-methyl/N-ethyl adjacent to an activating group) is 1. The van der Waals surface area contributed by atoms with Gasteiger partial charge in [0.2, 0.25) is 11.8 Å². The number of methoxy groups -OCH3 is 1. The average molecular weight is 542 g/mol. The van der Waals surface area contributed by atoms with Crippen LogP contribution in [0, 0.1) is 12.7 Å². The van der Waals surface area contributed by atoms with Crippen molar-refractivity contribution in [3.63, 3.8) is 0 Å². The molecule has 0 unspecified atom stereocenters. The summed E-state index contributed by atoms with van der Waals surface area (Å²) in [6.07, 6.45) is 0. The lowest BCUT2D eigenvalue weighted by Gasteiger charge is -2.32. The molecule has 1 N–H and O–H groups in total. The molecule has 0 aliphatic rings. The third kappa shape index (κ3) is 6.89.